The molecule has 0 saturated carbocycles. The Morgan fingerprint density at radius 2 is 1.95 bits per heavy atom. The second-order valence-corrected chi connectivity index (χ2v) is 5.62. The van der Waals surface area contributed by atoms with E-state index in [9.17, 15) is 0 Å². The lowest BCUT2D eigenvalue weighted by atomic mass is 9.95. The standard InChI is InChI=1S/C16H22N4O2/c1-17-5-4-11-9-20(10-11)14-8-18-19-13-7-16(22-3)15(21-2)6-12(13)14/h6-8,11,17H,4-5,9-10H2,1-3H3. The van der Waals surface area contributed by atoms with Crippen molar-refractivity contribution in [3.8, 4) is 11.5 Å². The van der Waals surface area contributed by atoms with Gasteiger partial charge in [-0.15, -0.1) is 0 Å². The Morgan fingerprint density at radius 3 is 2.64 bits per heavy atom. The fourth-order valence-electron chi connectivity index (χ4n) is 2.92. The predicted octanol–water partition coefficient (Wildman–Crippen LogP) is 1.69. The molecule has 0 unspecified atom stereocenters. The van der Waals surface area contributed by atoms with E-state index in [1.54, 1.807) is 14.2 Å². The van der Waals surface area contributed by atoms with E-state index in [1.165, 1.54) is 6.42 Å². The molecule has 1 aliphatic rings. The average Bonchev–Trinajstić information content (AvgIpc) is 2.52. The lowest BCUT2D eigenvalue weighted by molar-refractivity contribution is 0.355. The van der Waals surface area contributed by atoms with Crippen LogP contribution >= 0.6 is 0 Å². The number of rotatable bonds is 6. The number of nitrogens with one attached hydrogen (secondary N) is 1. The smallest absolute Gasteiger partial charge is 0.162 e. The normalized spacial score (nSPS) is 15.0. The summed E-state index contributed by atoms with van der Waals surface area (Å²) in [7, 11) is 5.27. The fraction of sp³-hybridized carbons (Fsp3) is 0.500. The number of benzene rings is 1. The molecule has 6 nitrogen and oxygen atoms in total. The SMILES string of the molecule is CNCCC1CN(c2cnnc3cc(OC)c(OC)cc23)C1. The number of hydrogen-bond donors (Lipinski definition) is 1. The van der Waals surface area contributed by atoms with Gasteiger partial charge in [0.05, 0.1) is 31.6 Å². The van der Waals surface area contributed by atoms with Gasteiger partial charge in [-0.1, -0.05) is 0 Å². The van der Waals surface area contributed by atoms with Gasteiger partial charge in [0, 0.05) is 24.5 Å². The van der Waals surface area contributed by atoms with Gasteiger partial charge < -0.3 is 19.7 Å². The Balaban J connectivity index is 1.88. The van der Waals surface area contributed by atoms with Crippen molar-refractivity contribution >= 4 is 16.6 Å². The quantitative estimate of drug-likeness (QED) is 0.876. The first-order valence-corrected chi connectivity index (χ1v) is 7.53. The van der Waals surface area contributed by atoms with E-state index in [1.807, 2.05) is 25.4 Å². The number of fused-ring (bicyclic) bond motifs is 1. The molecular weight excluding hydrogens is 280 g/mol. The van der Waals surface area contributed by atoms with Crippen molar-refractivity contribution in [1.29, 1.82) is 0 Å². The number of hydrogen-bond acceptors (Lipinski definition) is 6. The molecule has 118 valence electrons. The van der Waals surface area contributed by atoms with E-state index in [2.05, 4.69) is 20.4 Å². The number of methoxy groups -OCH3 is 2. The van der Waals surface area contributed by atoms with Gasteiger partial charge in [0.25, 0.3) is 0 Å². The van der Waals surface area contributed by atoms with Gasteiger partial charge in [-0.05, 0) is 32.0 Å². The van der Waals surface area contributed by atoms with Crippen LogP contribution in [0.15, 0.2) is 18.3 Å². The monoisotopic (exact) mass is 302 g/mol. The Labute approximate surface area is 130 Å². The summed E-state index contributed by atoms with van der Waals surface area (Å²) in [4.78, 5) is 2.35. The first kappa shape index (κ1) is 14.8. The number of ether oxygens (including phenoxy) is 2. The molecule has 1 N–H and O–H groups in total. The molecule has 0 atom stereocenters. The molecule has 0 amide bonds. The van der Waals surface area contributed by atoms with Crippen molar-refractivity contribution in [3.05, 3.63) is 18.3 Å². The molecule has 1 aromatic heterocycles. The van der Waals surface area contributed by atoms with Crippen LogP contribution in [0, 0.1) is 5.92 Å². The fourth-order valence-corrected chi connectivity index (χ4v) is 2.92. The van der Waals surface area contributed by atoms with Crippen LogP contribution in [0.5, 0.6) is 11.5 Å². The molecule has 2 heterocycles. The van der Waals surface area contributed by atoms with Crippen LogP contribution in [0.25, 0.3) is 10.9 Å². The van der Waals surface area contributed by atoms with Crippen LogP contribution in [0.1, 0.15) is 6.42 Å². The summed E-state index contributed by atoms with van der Waals surface area (Å²) in [6, 6.07) is 3.86. The molecule has 3 rings (SSSR count). The summed E-state index contributed by atoms with van der Waals surface area (Å²) >= 11 is 0. The molecular formula is C16H22N4O2. The summed E-state index contributed by atoms with van der Waals surface area (Å²) in [6.07, 6.45) is 3.04. The van der Waals surface area contributed by atoms with E-state index < -0.39 is 0 Å². The van der Waals surface area contributed by atoms with Gasteiger partial charge in [0.15, 0.2) is 11.5 Å². The van der Waals surface area contributed by atoms with E-state index in [0.29, 0.717) is 5.75 Å². The van der Waals surface area contributed by atoms with E-state index in [-0.39, 0.29) is 0 Å². The average molecular weight is 302 g/mol. The van der Waals surface area contributed by atoms with E-state index >= 15 is 0 Å². The Bertz CT molecular complexity index is 656. The third-order valence-corrected chi connectivity index (χ3v) is 4.22. The van der Waals surface area contributed by atoms with Crippen molar-refractivity contribution in [3.63, 3.8) is 0 Å². The topological polar surface area (TPSA) is 59.5 Å². The second kappa shape index (κ2) is 6.36. The van der Waals surface area contributed by atoms with Crippen molar-refractivity contribution in [1.82, 2.24) is 15.5 Å². The van der Waals surface area contributed by atoms with Gasteiger partial charge in [-0.2, -0.15) is 10.2 Å². The summed E-state index contributed by atoms with van der Waals surface area (Å²) in [6.45, 7) is 3.20. The summed E-state index contributed by atoms with van der Waals surface area (Å²) in [5.74, 6) is 2.14. The minimum atomic E-state index is 0.678. The molecule has 0 bridgehead atoms. The summed E-state index contributed by atoms with van der Waals surface area (Å²) in [5.41, 5.74) is 1.94. The first-order valence-electron chi connectivity index (χ1n) is 7.53. The third kappa shape index (κ3) is 2.66. The molecule has 22 heavy (non-hydrogen) atoms. The molecule has 0 aliphatic carbocycles. The van der Waals surface area contributed by atoms with Crippen LogP contribution in [-0.2, 0) is 0 Å². The van der Waals surface area contributed by atoms with Crippen LogP contribution in [0.2, 0.25) is 0 Å². The van der Waals surface area contributed by atoms with Crippen molar-refractivity contribution < 1.29 is 9.47 Å². The largest absolute Gasteiger partial charge is 0.493 e. The Kier molecular flexibility index (Phi) is 4.29. The van der Waals surface area contributed by atoms with Crippen LogP contribution in [-0.4, -0.2) is 51.1 Å². The molecule has 2 aromatic rings. The summed E-state index contributed by atoms with van der Waals surface area (Å²) < 4.78 is 10.7. The van der Waals surface area contributed by atoms with Crippen LogP contribution in [0.4, 0.5) is 5.69 Å². The highest BCUT2D eigenvalue weighted by Crippen LogP contribution is 2.37. The van der Waals surface area contributed by atoms with E-state index in [4.69, 9.17) is 9.47 Å². The Morgan fingerprint density at radius 1 is 1.23 bits per heavy atom. The lowest BCUT2D eigenvalue weighted by Crippen LogP contribution is -2.47. The van der Waals surface area contributed by atoms with E-state index in [0.717, 1.165) is 47.9 Å². The maximum atomic E-state index is 5.40. The molecule has 0 radical (unpaired) electrons. The first-order chi connectivity index (χ1) is 10.8. The highest BCUT2D eigenvalue weighted by molar-refractivity contribution is 5.93. The van der Waals surface area contributed by atoms with Gasteiger partial charge in [-0.25, -0.2) is 0 Å². The maximum absolute atomic E-state index is 5.40. The van der Waals surface area contributed by atoms with Crippen LogP contribution < -0.4 is 19.7 Å². The van der Waals surface area contributed by atoms with Crippen molar-refractivity contribution in [2.45, 2.75) is 6.42 Å². The second-order valence-electron chi connectivity index (χ2n) is 5.62. The van der Waals surface area contributed by atoms with Gasteiger partial charge in [0.2, 0.25) is 0 Å². The molecule has 0 spiro atoms. The molecule has 1 aromatic carbocycles. The van der Waals surface area contributed by atoms with Crippen LogP contribution in [0.3, 0.4) is 0 Å². The number of aromatic nitrogens is 2. The molecule has 1 saturated heterocycles. The lowest BCUT2D eigenvalue weighted by Gasteiger charge is -2.41. The molecule has 1 aliphatic heterocycles. The van der Waals surface area contributed by atoms with Gasteiger partial charge in [0.1, 0.15) is 0 Å². The minimum absolute atomic E-state index is 0.678. The molecule has 6 heteroatoms. The van der Waals surface area contributed by atoms with Gasteiger partial charge >= 0.3 is 0 Å². The third-order valence-electron chi connectivity index (χ3n) is 4.22. The zero-order valence-corrected chi connectivity index (χ0v) is 13.3. The summed E-state index contributed by atoms with van der Waals surface area (Å²) in [5, 5.41) is 12.6. The zero-order chi connectivity index (χ0) is 15.5. The van der Waals surface area contributed by atoms with Crippen molar-refractivity contribution in [2.75, 3.05) is 45.8 Å². The molecule has 1 fully saturated rings. The number of anilines is 1. The maximum Gasteiger partial charge on any atom is 0.162 e. The highest BCUT2D eigenvalue weighted by atomic mass is 16.5. The zero-order valence-electron chi connectivity index (χ0n) is 13.3. The predicted molar refractivity (Wildman–Crippen MR) is 86.9 cm³/mol. The minimum Gasteiger partial charge on any atom is -0.493 e. The number of nitrogens with zero attached hydrogens (tertiary/aromatic N) is 3. The van der Waals surface area contributed by atoms with Gasteiger partial charge in [-0.3, -0.25) is 0 Å². The Hall–Kier alpha value is -2.08. The van der Waals surface area contributed by atoms with Crippen molar-refractivity contribution in [2.24, 2.45) is 5.92 Å². The highest BCUT2D eigenvalue weighted by Gasteiger charge is 2.28.